The van der Waals surface area contributed by atoms with Gasteiger partial charge >= 0.3 is 0 Å². The Kier molecular flexibility index (Phi) is 9.85. The number of hydrogen-bond acceptors (Lipinski definition) is 9. The van der Waals surface area contributed by atoms with E-state index in [1.807, 2.05) is 17.0 Å². The lowest BCUT2D eigenvalue weighted by molar-refractivity contribution is 0.122. The maximum atomic E-state index is 13.3. The fourth-order valence-electron chi connectivity index (χ4n) is 3.09. The number of methoxy groups -OCH3 is 1. The molecule has 9 nitrogen and oxygen atoms in total. The molecular formula is C21H21ClFI2N7O2. The number of anilines is 4. The SMILES string of the molecule is COc1c(I)cc(I)cc1C=NNc1nc(Nc2ccc(F)cc2)nc(N2CCOCC2)n1.Cl. The van der Waals surface area contributed by atoms with Crippen LogP contribution in [0.25, 0.3) is 0 Å². The first-order valence-corrected chi connectivity index (χ1v) is 12.1. The van der Waals surface area contributed by atoms with Crippen LogP contribution in [0.2, 0.25) is 0 Å². The molecule has 1 fully saturated rings. The van der Waals surface area contributed by atoms with Crippen LogP contribution >= 0.6 is 57.6 Å². The lowest BCUT2D eigenvalue weighted by Gasteiger charge is -2.27. The number of hydrazone groups is 1. The van der Waals surface area contributed by atoms with Gasteiger partial charge in [-0.05, 0) is 81.6 Å². The Balaban J connectivity index is 0.00000324. The second-order valence-corrected chi connectivity index (χ2v) is 9.30. The Morgan fingerprint density at radius 2 is 1.79 bits per heavy atom. The Morgan fingerprint density at radius 1 is 1.09 bits per heavy atom. The summed E-state index contributed by atoms with van der Waals surface area (Å²) in [7, 11) is 1.63. The fourth-order valence-corrected chi connectivity index (χ4v) is 5.20. The number of halogens is 4. The molecule has 2 N–H and O–H groups in total. The van der Waals surface area contributed by atoms with Crippen molar-refractivity contribution in [2.45, 2.75) is 0 Å². The van der Waals surface area contributed by atoms with E-state index in [-0.39, 0.29) is 24.2 Å². The van der Waals surface area contributed by atoms with Gasteiger partial charge in [-0.15, -0.1) is 12.4 Å². The van der Waals surface area contributed by atoms with Crippen molar-refractivity contribution in [3.8, 4) is 5.75 Å². The quantitative estimate of drug-likeness (QED) is 0.208. The number of nitrogens with one attached hydrogen (secondary N) is 2. The summed E-state index contributed by atoms with van der Waals surface area (Å²) in [4.78, 5) is 15.5. The van der Waals surface area contributed by atoms with E-state index in [1.165, 1.54) is 12.1 Å². The van der Waals surface area contributed by atoms with Gasteiger partial charge in [0.25, 0.3) is 0 Å². The summed E-state index contributed by atoms with van der Waals surface area (Å²) in [6, 6.07) is 9.96. The van der Waals surface area contributed by atoms with E-state index in [1.54, 1.807) is 25.5 Å². The van der Waals surface area contributed by atoms with Gasteiger partial charge in [0.05, 0.1) is 30.1 Å². The molecule has 2 heterocycles. The summed E-state index contributed by atoms with van der Waals surface area (Å²) in [5.74, 6) is 1.51. The third kappa shape index (κ3) is 6.99. The van der Waals surface area contributed by atoms with Crippen molar-refractivity contribution in [1.29, 1.82) is 0 Å². The second-order valence-electron chi connectivity index (χ2n) is 6.89. The molecule has 180 valence electrons. The second kappa shape index (κ2) is 12.6. The van der Waals surface area contributed by atoms with Crippen LogP contribution in [0.5, 0.6) is 5.75 Å². The van der Waals surface area contributed by atoms with Crippen molar-refractivity contribution in [1.82, 2.24) is 15.0 Å². The lowest BCUT2D eigenvalue weighted by Crippen LogP contribution is -2.37. The highest BCUT2D eigenvalue weighted by atomic mass is 127. The summed E-state index contributed by atoms with van der Waals surface area (Å²) in [6.45, 7) is 2.53. The molecule has 1 saturated heterocycles. The Bertz CT molecular complexity index is 1150. The van der Waals surface area contributed by atoms with Gasteiger partial charge in [-0.3, -0.25) is 0 Å². The summed E-state index contributed by atoms with van der Waals surface area (Å²) < 4.78 is 26.2. The molecule has 0 spiro atoms. The fraction of sp³-hybridized carbons (Fsp3) is 0.238. The molecule has 0 aliphatic carbocycles. The number of ether oxygens (including phenoxy) is 2. The van der Waals surface area contributed by atoms with E-state index in [9.17, 15) is 4.39 Å². The first-order chi connectivity index (χ1) is 16.0. The Labute approximate surface area is 229 Å². The van der Waals surface area contributed by atoms with Crippen molar-refractivity contribution in [3.63, 3.8) is 0 Å². The predicted octanol–water partition coefficient (Wildman–Crippen LogP) is 4.68. The average Bonchev–Trinajstić information content (AvgIpc) is 2.81. The van der Waals surface area contributed by atoms with Crippen molar-refractivity contribution in [2.75, 3.05) is 49.1 Å². The van der Waals surface area contributed by atoms with Crippen LogP contribution in [0.4, 0.5) is 27.9 Å². The standard InChI is InChI=1S/C21H20FI2N7O2.ClH/c1-32-18-13(10-15(23)11-17(18)24)12-25-30-20-27-19(26-16-4-2-14(22)3-5-16)28-21(29-20)31-6-8-33-9-7-31;/h2-5,10-12H,6-9H2,1H3,(H2,26,27,28,29,30);1H. The molecule has 0 atom stereocenters. The van der Waals surface area contributed by atoms with Gasteiger partial charge in [0.2, 0.25) is 17.8 Å². The van der Waals surface area contributed by atoms with E-state index in [0.29, 0.717) is 43.9 Å². The van der Waals surface area contributed by atoms with E-state index >= 15 is 0 Å². The van der Waals surface area contributed by atoms with Crippen LogP contribution < -0.4 is 20.4 Å². The Hall–Kier alpha value is -2.04. The molecule has 0 unspecified atom stereocenters. The van der Waals surface area contributed by atoms with E-state index in [4.69, 9.17) is 9.47 Å². The molecule has 34 heavy (non-hydrogen) atoms. The van der Waals surface area contributed by atoms with Crippen LogP contribution in [0, 0.1) is 13.0 Å². The number of benzene rings is 2. The predicted molar refractivity (Wildman–Crippen MR) is 149 cm³/mol. The van der Waals surface area contributed by atoms with Crippen LogP contribution in [-0.2, 0) is 4.74 Å². The van der Waals surface area contributed by atoms with Gasteiger partial charge in [0.15, 0.2) is 0 Å². The number of aromatic nitrogens is 3. The number of rotatable bonds is 7. The van der Waals surface area contributed by atoms with Crippen LogP contribution in [0.15, 0.2) is 41.5 Å². The zero-order valence-electron chi connectivity index (χ0n) is 18.0. The number of morpholine rings is 1. The number of nitrogens with zero attached hydrogens (tertiary/aromatic N) is 5. The van der Waals surface area contributed by atoms with Crippen molar-refractivity contribution < 1.29 is 13.9 Å². The minimum atomic E-state index is -0.317. The molecule has 0 saturated carbocycles. The minimum absolute atomic E-state index is 0. The molecule has 4 rings (SSSR count). The lowest BCUT2D eigenvalue weighted by atomic mass is 10.2. The molecule has 13 heteroatoms. The normalized spacial score (nSPS) is 13.5. The van der Waals surface area contributed by atoms with E-state index in [0.717, 1.165) is 18.5 Å². The maximum Gasteiger partial charge on any atom is 0.250 e. The van der Waals surface area contributed by atoms with Crippen molar-refractivity contribution in [2.24, 2.45) is 5.10 Å². The van der Waals surface area contributed by atoms with Gasteiger partial charge in [-0.2, -0.15) is 20.1 Å². The van der Waals surface area contributed by atoms with Crippen molar-refractivity contribution >= 4 is 87.3 Å². The summed E-state index contributed by atoms with van der Waals surface area (Å²) in [6.07, 6.45) is 1.66. The van der Waals surface area contributed by atoms with Gasteiger partial charge in [0.1, 0.15) is 11.6 Å². The zero-order valence-corrected chi connectivity index (χ0v) is 23.1. The van der Waals surface area contributed by atoms with Crippen LogP contribution in [0.3, 0.4) is 0 Å². The third-order valence-corrected chi connectivity index (χ3v) is 6.05. The minimum Gasteiger partial charge on any atom is -0.495 e. The highest BCUT2D eigenvalue weighted by molar-refractivity contribution is 14.1. The molecule has 3 aromatic rings. The van der Waals surface area contributed by atoms with Gasteiger partial charge in [-0.25, -0.2) is 9.82 Å². The molecule has 0 amide bonds. The average molecular weight is 712 g/mol. The van der Waals surface area contributed by atoms with Crippen LogP contribution in [-0.4, -0.2) is 54.6 Å². The smallest absolute Gasteiger partial charge is 0.250 e. The highest BCUT2D eigenvalue weighted by Crippen LogP contribution is 2.27. The number of hydrogen-bond donors (Lipinski definition) is 2. The van der Waals surface area contributed by atoms with Gasteiger partial charge < -0.3 is 19.7 Å². The molecule has 0 radical (unpaired) electrons. The zero-order chi connectivity index (χ0) is 23.2. The monoisotopic (exact) mass is 711 g/mol. The maximum absolute atomic E-state index is 13.3. The Morgan fingerprint density at radius 3 is 2.50 bits per heavy atom. The van der Waals surface area contributed by atoms with Gasteiger partial charge in [0, 0.05) is 27.9 Å². The van der Waals surface area contributed by atoms with Crippen LogP contribution in [0.1, 0.15) is 5.56 Å². The molecule has 2 aromatic carbocycles. The highest BCUT2D eigenvalue weighted by Gasteiger charge is 2.17. The summed E-state index contributed by atoms with van der Waals surface area (Å²) in [5.41, 5.74) is 4.37. The summed E-state index contributed by atoms with van der Waals surface area (Å²) in [5, 5.41) is 7.41. The largest absolute Gasteiger partial charge is 0.495 e. The molecule has 1 aliphatic rings. The molecule has 0 bridgehead atoms. The first-order valence-electron chi connectivity index (χ1n) is 9.95. The molecule has 1 aliphatic heterocycles. The molecule has 1 aromatic heterocycles. The van der Waals surface area contributed by atoms with E-state index in [2.05, 4.69) is 76.0 Å². The summed E-state index contributed by atoms with van der Waals surface area (Å²) >= 11 is 4.48. The van der Waals surface area contributed by atoms with Gasteiger partial charge in [-0.1, -0.05) is 0 Å². The van der Waals surface area contributed by atoms with Crippen molar-refractivity contribution in [3.05, 3.63) is 54.9 Å². The third-order valence-electron chi connectivity index (χ3n) is 4.63. The topological polar surface area (TPSA) is 96.8 Å². The van der Waals surface area contributed by atoms with E-state index < -0.39 is 0 Å². The molecular weight excluding hydrogens is 691 g/mol. The first kappa shape index (κ1) is 26.6.